The van der Waals surface area contributed by atoms with Crippen LogP contribution in [0.25, 0.3) is 10.9 Å². The molecule has 88 valence electrons. The molecule has 0 spiro atoms. The van der Waals surface area contributed by atoms with Gasteiger partial charge in [0, 0.05) is 34.1 Å². The molecule has 2 aromatic rings. The Bertz CT molecular complexity index is 573. The van der Waals surface area contributed by atoms with E-state index in [1.165, 1.54) is 0 Å². The van der Waals surface area contributed by atoms with E-state index in [9.17, 15) is 0 Å². The summed E-state index contributed by atoms with van der Waals surface area (Å²) in [6.45, 7) is 4.30. The van der Waals surface area contributed by atoms with E-state index < -0.39 is 0 Å². The topological polar surface area (TPSA) is 65.6 Å². The van der Waals surface area contributed by atoms with Crippen molar-refractivity contribution < 1.29 is 0 Å². The molecular formula is C14H17N3. The summed E-state index contributed by atoms with van der Waals surface area (Å²) < 4.78 is 0. The van der Waals surface area contributed by atoms with E-state index in [0.717, 1.165) is 28.7 Å². The number of nitrogens with one attached hydrogen (secondary N) is 1. The van der Waals surface area contributed by atoms with E-state index in [1.54, 1.807) is 0 Å². The standard InChI is InChI=1S/C14H17N3/c1-14(2,6-3-7-15)13-9-10-8-11(16)4-5-12(10)17-13/h4-5,8-9,17H,3,6,16H2,1-2H3. The largest absolute Gasteiger partial charge is 0.399 e. The van der Waals surface area contributed by atoms with Gasteiger partial charge in [-0.05, 0) is 30.7 Å². The molecule has 0 aliphatic carbocycles. The lowest BCUT2D eigenvalue weighted by atomic mass is 9.84. The molecular weight excluding hydrogens is 210 g/mol. The van der Waals surface area contributed by atoms with E-state index in [1.807, 2.05) is 18.2 Å². The Morgan fingerprint density at radius 3 is 2.82 bits per heavy atom. The first-order valence-corrected chi connectivity index (χ1v) is 5.78. The van der Waals surface area contributed by atoms with Crippen LogP contribution < -0.4 is 5.73 Å². The number of anilines is 1. The van der Waals surface area contributed by atoms with Crippen LogP contribution >= 0.6 is 0 Å². The van der Waals surface area contributed by atoms with Crippen LogP contribution in [-0.2, 0) is 5.41 Å². The molecule has 0 saturated heterocycles. The maximum Gasteiger partial charge on any atom is 0.0622 e. The van der Waals surface area contributed by atoms with E-state index in [0.29, 0.717) is 6.42 Å². The minimum atomic E-state index is -0.0104. The van der Waals surface area contributed by atoms with Crippen molar-refractivity contribution in [3.8, 4) is 6.07 Å². The molecule has 1 heterocycles. The average molecular weight is 227 g/mol. The fourth-order valence-electron chi connectivity index (χ4n) is 2.02. The molecule has 0 aliphatic rings. The Kier molecular flexibility index (Phi) is 2.81. The van der Waals surface area contributed by atoms with Gasteiger partial charge in [-0.2, -0.15) is 5.26 Å². The highest BCUT2D eigenvalue weighted by molar-refractivity contribution is 5.83. The highest BCUT2D eigenvalue weighted by atomic mass is 14.7. The highest BCUT2D eigenvalue weighted by Crippen LogP contribution is 2.30. The highest BCUT2D eigenvalue weighted by Gasteiger charge is 2.22. The number of H-pyrrole nitrogens is 1. The lowest BCUT2D eigenvalue weighted by Gasteiger charge is -2.21. The molecule has 0 radical (unpaired) electrons. The van der Waals surface area contributed by atoms with E-state index in [4.69, 9.17) is 11.0 Å². The van der Waals surface area contributed by atoms with Gasteiger partial charge in [0.25, 0.3) is 0 Å². The van der Waals surface area contributed by atoms with E-state index in [2.05, 4.69) is 31.0 Å². The van der Waals surface area contributed by atoms with Gasteiger partial charge in [0.15, 0.2) is 0 Å². The van der Waals surface area contributed by atoms with Crippen LogP contribution in [0.3, 0.4) is 0 Å². The fourth-order valence-corrected chi connectivity index (χ4v) is 2.02. The first-order valence-electron chi connectivity index (χ1n) is 5.78. The van der Waals surface area contributed by atoms with Crippen molar-refractivity contribution in [2.75, 3.05) is 5.73 Å². The van der Waals surface area contributed by atoms with Crippen molar-refractivity contribution in [2.24, 2.45) is 0 Å². The zero-order chi connectivity index (χ0) is 12.5. The summed E-state index contributed by atoms with van der Waals surface area (Å²) in [7, 11) is 0. The second kappa shape index (κ2) is 4.14. The van der Waals surface area contributed by atoms with Crippen molar-refractivity contribution in [1.82, 2.24) is 4.98 Å². The van der Waals surface area contributed by atoms with Crippen LogP contribution in [0.15, 0.2) is 24.3 Å². The molecule has 0 unspecified atom stereocenters. The number of hydrogen-bond donors (Lipinski definition) is 2. The van der Waals surface area contributed by atoms with Crippen molar-refractivity contribution in [2.45, 2.75) is 32.1 Å². The van der Waals surface area contributed by atoms with Gasteiger partial charge in [0.05, 0.1) is 6.07 Å². The van der Waals surface area contributed by atoms with Gasteiger partial charge in [-0.25, -0.2) is 0 Å². The van der Waals surface area contributed by atoms with Crippen molar-refractivity contribution in [1.29, 1.82) is 5.26 Å². The third-order valence-electron chi connectivity index (χ3n) is 3.24. The summed E-state index contributed by atoms with van der Waals surface area (Å²) in [4.78, 5) is 3.41. The molecule has 1 aromatic heterocycles. The number of nitrogen functional groups attached to an aromatic ring is 1. The number of rotatable bonds is 3. The summed E-state index contributed by atoms with van der Waals surface area (Å²) >= 11 is 0. The molecule has 3 heteroatoms. The number of nitrogens with zero attached hydrogens (tertiary/aromatic N) is 1. The monoisotopic (exact) mass is 227 g/mol. The minimum absolute atomic E-state index is 0.0104. The lowest BCUT2D eigenvalue weighted by molar-refractivity contribution is 0.476. The van der Waals surface area contributed by atoms with Crippen molar-refractivity contribution in [3.63, 3.8) is 0 Å². The summed E-state index contributed by atoms with van der Waals surface area (Å²) in [5.74, 6) is 0. The van der Waals surface area contributed by atoms with Gasteiger partial charge < -0.3 is 10.7 Å². The van der Waals surface area contributed by atoms with Gasteiger partial charge in [-0.3, -0.25) is 0 Å². The number of aromatic amines is 1. The van der Waals surface area contributed by atoms with Crippen LogP contribution in [0.1, 0.15) is 32.4 Å². The maximum atomic E-state index is 8.68. The quantitative estimate of drug-likeness (QED) is 0.790. The second-order valence-corrected chi connectivity index (χ2v) is 5.07. The number of nitrogens with two attached hydrogens (primary N) is 1. The first kappa shape index (κ1) is 11.5. The van der Waals surface area contributed by atoms with Crippen molar-refractivity contribution in [3.05, 3.63) is 30.0 Å². The zero-order valence-electron chi connectivity index (χ0n) is 10.2. The lowest BCUT2D eigenvalue weighted by Crippen LogP contribution is -2.17. The van der Waals surface area contributed by atoms with Crippen LogP contribution in [0.5, 0.6) is 0 Å². The summed E-state index contributed by atoms with van der Waals surface area (Å²) in [6, 6.07) is 10.2. The molecule has 0 bridgehead atoms. The molecule has 0 aliphatic heterocycles. The molecule has 0 saturated carbocycles. The SMILES string of the molecule is CC(C)(CCC#N)c1cc2cc(N)ccc2[nH]1. The van der Waals surface area contributed by atoms with Gasteiger partial charge in [-0.15, -0.1) is 0 Å². The maximum absolute atomic E-state index is 8.68. The molecule has 0 atom stereocenters. The summed E-state index contributed by atoms with van der Waals surface area (Å²) in [5, 5.41) is 9.81. The Labute approximate surface area is 101 Å². The number of fused-ring (bicyclic) bond motifs is 1. The van der Waals surface area contributed by atoms with Gasteiger partial charge >= 0.3 is 0 Å². The van der Waals surface area contributed by atoms with E-state index >= 15 is 0 Å². The Balaban J connectivity index is 2.39. The van der Waals surface area contributed by atoms with Gasteiger partial charge in [0.2, 0.25) is 0 Å². The number of benzene rings is 1. The summed E-state index contributed by atoms with van der Waals surface area (Å²) in [6.07, 6.45) is 1.43. The Hall–Kier alpha value is -1.95. The van der Waals surface area contributed by atoms with Crippen LogP contribution in [-0.4, -0.2) is 4.98 Å². The second-order valence-electron chi connectivity index (χ2n) is 5.07. The fraction of sp³-hybridized carbons (Fsp3) is 0.357. The van der Waals surface area contributed by atoms with Gasteiger partial charge in [0.1, 0.15) is 0 Å². The predicted molar refractivity (Wildman–Crippen MR) is 70.6 cm³/mol. The normalized spacial score (nSPS) is 11.6. The zero-order valence-corrected chi connectivity index (χ0v) is 10.2. The van der Waals surface area contributed by atoms with Crippen LogP contribution in [0.2, 0.25) is 0 Å². The molecule has 3 nitrogen and oxygen atoms in total. The molecule has 0 fully saturated rings. The molecule has 1 aromatic carbocycles. The Morgan fingerprint density at radius 2 is 2.12 bits per heavy atom. The number of hydrogen-bond acceptors (Lipinski definition) is 2. The van der Waals surface area contributed by atoms with Crippen LogP contribution in [0.4, 0.5) is 5.69 Å². The van der Waals surface area contributed by atoms with E-state index in [-0.39, 0.29) is 5.41 Å². The third-order valence-corrected chi connectivity index (χ3v) is 3.24. The third kappa shape index (κ3) is 2.26. The summed E-state index contributed by atoms with van der Waals surface area (Å²) in [5.41, 5.74) is 8.79. The number of aromatic nitrogens is 1. The van der Waals surface area contributed by atoms with Crippen LogP contribution in [0, 0.1) is 11.3 Å². The minimum Gasteiger partial charge on any atom is -0.399 e. The average Bonchev–Trinajstić information content (AvgIpc) is 2.70. The Morgan fingerprint density at radius 1 is 1.35 bits per heavy atom. The predicted octanol–water partition coefficient (Wildman–Crippen LogP) is 3.33. The number of nitriles is 1. The first-order chi connectivity index (χ1) is 8.03. The molecule has 0 amide bonds. The van der Waals surface area contributed by atoms with Gasteiger partial charge in [-0.1, -0.05) is 13.8 Å². The molecule has 3 N–H and O–H groups in total. The van der Waals surface area contributed by atoms with Crippen molar-refractivity contribution >= 4 is 16.6 Å². The smallest absolute Gasteiger partial charge is 0.0622 e. The molecule has 17 heavy (non-hydrogen) atoms. The molecule has 2 rings (SSSR count).